The van der Waals surface area contributed by atoms with Crippen molar-refractivity contribution in [3.05, 3.63) is 29.8 Å². The summed E-state index contributed by atoms with van der Waals surface area (Å²) in [4.78, 5) is 12.4. The maximum Gasteiger partial charge on any atom is 0.338 e. The third-order valence-electron chi connectivity index (χ3n) is 5.90. The molecule has 0 radical (unpaired) electrons. The molecule has 2 saturated heterocycles. The first kappa shape index (κ1) is 18.2. The summed E-state index contributed by atoms with van der Waals surface area (Å²) >= 11 is 0. The second kappa shape index (κ2) is 7.77. The van der Waals surface area contributed by atoms with E-state index in [0.717, 1.165) is 5.75 Å². The third-order valence-corrected chi connectivity index (χ3v) is 5.90. The molecule has 0 spiro atoms. The summed E-state index contributed by atoms with van der Waals surface area (Å²) in [5.74, 6) is 1.08. The summed E-state index contributed by atoms with van der Waals surface area (Å²) in [7, 11) is 2.39. The monoisotopic (exact) mass is 346 g/mol. The number of esters is 1. The van der Waals surface area contributed by atoms with E-state index in [9.17, 15) is 4.79 Å². The third kappa shape index (κ3) is 4.35. The predicted octanol–water partition coefficient (Wildman–Crippen LogP) is 4.04. The van der Waals surface area contributed by atoms with Crippen LogP contribution in [0.1, 0.15) is 56.3 Å². The van der Waals surface area contributed by atoms with E-state index in [-0.39, 0.29) is 12.1 Å². The first-order valence-electron chi connectivity index (χ1n) is 9.76. The smallest absolute Gasteiger partial charge is 0.338 e. The Morgan fingerprint density at radius 3 is 2.56 bits per heavy atom. The fourth-order valence-electron chi connectivity index (χ4n) is 4.64. The Morgan fingerprint density at radius 1 is 1.12 bits per heavy atom. The van der Waals surface area contributed by atoms with Gasteiger partial charge in [-0.05, 0) is 63.8 Å². The van der Waals surface area contributed by atoms with Crippen molar-refractivity contribution < 1.29 is 18.8 Å². The van der Waals surface area contributed by atoms with Crippen molar-refractivity contribution >= 4 is 5.97 Å². The number of hydrogen-bond donors (Lipinski definition) is 0. The van der Waals surface area contributed by atoms with Crippen LogP contribution in [0.25, 0.3) is 0 Å². The molecule has 3 rings (SSSR count). The first-order valence-corrected chi connectivity index (χ1v) is 9.76. The summed E-state index contributed by atoms with van der Waals surface area (Å²) in [6.45, 7) is 7.11. The summed E-state index contributed by atoms with van der Waals surface area (Å²) in [5, 5.41) is 0. The van der Waals surface area contributed by atoms with Gasteiger partial charge >= 0.3 is 5.97 Å². The number of benzene rings is 1. The van der Waals surface area contributed by atoms with Crippen LogP contribution in [0.15, 0.2) is 24.3 Å². The number of carbonyl (C=O) groups is 1. The Morgan fingerprint density at radius 2 is 1.84 bits per heavy atom. The maximum atomic E-state index is 12.4. The van der Waals surface area contributed by atoms with Crippen LogP contribution in [-0.4, -0.2) is 49.3 Å². The maximum absolute atomic E-state index is 12.4. The lowest BCUT2D eigenvalue weighted by molar-refractivity contribution is -0.947. The molecule has 3 atom stereocenters. The quantitative estimate of drug-likeness (QED) is 0.596. The highest BCUT2D eigenvalue weighted by Crippen LogP contribution is 2.36. The zero-order valence-electron chi connectivity index (χ0n) is 15.9. The lowest BCUT2D eigenvalue weighted by Gasteiger charge is -2.51. The van der Waals surface area contributed by atoms with Crippen LogP contribution in [0.2, 0.25) is 0 Å². The lowest BCUT2D eigenvalue weighted by Crippen LogP contribution is -2.61. The molecule has 1 unspecified atom stereocenters. The van der Waals surface area contributed by atoms with Crippen LogP contribution in [0, 0.1) is 5.92 Å². The van der Waals surface area contributed by atoms with Gasteiger partial charge < -0.3 is 14.0 Å². The molecule has 0 aromatic heterocycles. The molecule has 1 aromatic rings. The van der Waals surface area contributed by atoms with Gasteiger partial charge in [0.15, 0.2) is 0 Å². The van der Waals surface area contributed by atoms with E-state index in [2.05, 4.69) is 7.05 Å². The van der Waals surface area contributed by atoms with Crippen molar-refractivity contribution in [3.8, 4) is 5.75 Å². The van der Waals surface area contributed by atoms with E-state index in [1.54, 1.807) is 12.1 Å². The number of ether oxygens (including phenoxy) is 2. The van der Waals surface area contributed by atoms with Gasteiger partial charge in [-0.2, -0.15) is 0 Å². The minimum atomic E-state index is -0.216. The van der Waals surface area contributed by atoms with E-state index in [4.69, 9.17) is 9.47 Å². The SMILES string of the molecule is CC(C)Oc1ccc(C(=O)OC[C@H]2CCC[N+]3(C)CCCC[C@@H]23)cc1. The molecule has 4 heteroatoms. The van der Waals surface area contributed by atoms with Crippen LogP contribution in [0.3, 0.4) is 0 Å². The van der Waals surface area contributed by atoms with Crippen molar-refractivity contribution in [2.24, 2.45) is 5.92 Å². The number of rotatable bonds is 5. The van der Waals surface area contributed by atoms with Gasteiger partial charge in [0.2, 0.25) is 0 Å². The average molecular weight is 346 g/mol. The van der Waals surface area contributed by atoms with Crippen LogP contribution in [0.5, 0.6) is 5.75 Å². The lowest BCUT2D eigenvalue weighted by atomic mass is 9.82. The van der Waals surface area contributed by atoms with Crippen LogP contribution in [0.4, 0.5) is 0 Å². The Labute approximate surface area is 151 Å². The van der Waals surface area contributed by atoms with E-state index in [1.807, 2.05) is 26.0 Å². The van der Waals surface area contributed by atoms with Crippen LogP contribution in [-0.2, 0) is 4.74 Å². The number of carbonyl (C=O) groups excluding carboxylic acids is 1. The zero-order valence-corrected chi connectivity index (χ0v) is 15.9. The highest BCUT2D eigenvalue weighted by atomic mass is 16.5. The number of quaternary nitrogens is 1. The van der Waals surface area contributed by atoms with Crippen molar-refractivity contribution in [2.45, 2.75) is 58.1 Å². The fraction of sp³-hybridized carbons (Fsp3) is 0.667. The van der Waals surface area contributed by atoms with Gasteiger partial charge in [0.1, 0.15) is 12.4 Å². The second-order valence-electron chi connectivity index (χ2n) is 8.18. The molecule has 1 aromatic carbocycles. The molecule has 0 saturated carbocycles. The summed E-state index contributed by atoms with van der Waals surface area (Å²) in [6.07, 6.45) is 6.50. The molecule has 25 heavy (non-hydrogen) atoms. The van der Waals surface area contributed by atoms with Gasteiger partial charge in [0.25, 0.3) is 0 Å². The Kier molecular flexibility index (Phi) is 5.67. The van der Waals surface area contributed by atoms with Gasteiger partial charge in [0.05, 0.1) is 37.8 Å². The zero-order chi connectivity index (χ0) is 17.9. The molecule has 2 heterocycles. The molecule has 0 amide bonds. The number of piperidine rings is 2. The Bertz CT molecular complexity index is 579. The standard InChI is InChI=1S/C21H32NO3/c1-16(2)25-19-11-9-17(10-12-19)21(23)24-15-18-7-6-14-22(3)13-5-4-8-20(18)22/h9-12,16,18,20H,4-8,13-15H2,1-3H3/q+1/t18-,20+,22?/m1/s1. The van der Waals surface area contributed by atoms with Crippen molar-refractivity contribution in [1.82, 2.24) is 0 Å². The fourth-order valence-corrected chi connectivity index (χ4v) is 4.64. The molecule has 2 aliphatic heterocycles. The molecule has 2 fully saturated rings. The largest absolute Gasteiger partial charge is 0.491 e. The van der Waals surface area contributed by atoms with E-state index < -0.39 is 0 Å². The van der Waals surface area contributed by atoms with Gasteiger partial charge in [-0.25, -0.2) is 4.79 Å². The minimum absolute atomic E-state index is 0.132. The molecule has 4 nitrogen and oxygen atoms in total. The summed E-state index contributed by atoms with van der Waals surface area (Å²) < 4.78 is 12.5. The van der Waals surface area contributed by atoms with Crippen LogP contribution >= 0.6 is 0 Å². The molecular formula is C21H32NO3+. The normalized spacial score (nSPS) is 29.1. The molecule has 2 aliphatic rings. The van der Waals surface area contributed by atoms with Crippen molar-refractivity contribution in [1.29, 1.82) is 0 Å². The topological polar surface area (TPSA) is 35.5 Å². The Hall–Kier alpha value is -1.55. The van der Waals surface area contributed by atoms with Crippen molar-refractivity contribution in [2.75, 3.05) is 26.7 Å². The molecule has 138 valence electrons. The second-order valence-corrected chi connectivity index (χ2v) is 8.18. The minimum Gasteiger partial charge on any atom is -0.491 e. The average Bonchev–Trinajstić information content (AvgIpc) is 2.59. The summed E-state index contributed by atoms with van der Waals surface area (Å²) in [5.41, 5.74) is 0.604. The van der Waals surface area contributed by atoms with Crippen molar-refractivity contribution in [3.63, 3.8) is 0 Å². The van der Waals surface area contributed by atoms with E-state index in [1.165, 1.54) is 49.7 Å². The van der Waals surface area contributed by atoms with Gasteiger partial charge in [-0.3, -0.25) is 0 Å². The van der Waals surface area contributed by atoms with Gasteiger partial charge in [0, 0.05) is 12.3 Å². The molecule has 0 aliphatic carbocycles. The molecule has 0 bridgehead atoms. The summed E-state index contributed by atoms with van der Waals surface area (Å²) in [6, 6.07) is 7.93. The number of hydrogen-bond acceptors (Lipinski definition) is 3. The van der Waals surface area contributed by atoms with Gasteiger partial charge in [-0.15, -0.1) is 0 Å². The van der Waals surface area contributed by atoms with E-state index in [0.29, 0.717) is 24.1 Å². The highest BCUT2D eigenvalue weighted by Gasteiger charge is 2.43. The highest BCUT2D eigenvalue weighted by molar-refractivity contribution is 5.89. The first-order chi connectivity index (χ1) is 12.0. The molecule has 0 N–H and O–H groups in total. The van der Waals surface area contributed by atoms with Gasteiger partial charge in [-0.1, -0.05) is 0 Å². The number of nitrogens with zero attached hydrogens (tertiary/aromatic N) is 1. The predicted molar refractivity (Wildman–Crippen MR) is 98.8 cm³/mol. The Balaban J connectivity index is 1.56. The van der Waals surface area contributed by atoms with E-state index >= 15 is 0 Å². The molecular weight excluding hydrogens is 314 g/mol. The number of fused-ring (bicyclic) bond motifs is 1. The van der Waals surface area contributed by atoms with Crippen LogP contribution < -0.4 is 4.74 Å².